The first-order chi connectivity index (χ1) is 13.0. The second kappa shape index (κ2) is 7.29. The first-order valence-electron chi connectivity index (χ1n) is 7.96. The van der Waals surface area contributed by atoms with Gasteiger partial charge >= 0.3 is 0 Å². The predicted molar refractivity (Wildman–Crippen MR) is 113 cm³/mol. The van der Waals surface area contributed by atoms with Gasteiger partial charge in [-0.3, -0.25) is 15.1 Å². The molecule has 6 nitrogen and oxygen atoms in total. The Hall–Kier alpha value is -1.84. The van der Waals surface area contributed by atoms with Crippen LogP contribution in [0.2, 0.25) is 0 Å². The number of thioether (sulfide) groups is 1. The molecule has 2 aliphatic rings. The highest BCUT2D eigenvalue weighted by molar-refractivity contribution is 9.10. The van der Waals surface area contributed by atoms with E-state index in [0.29, 0.717) is 16.6 Å². The summed E-state index contributed by atoms with van der Waals surface area (Å²) in [4.78, 5) is 17.8. The Morgan fingerprint density at radius 1 is 1.19 bits per heavy atom. The van der Waals surface area contributed by atoms with Crippen LogP contribution in [0.3, 0.4) is 0 Å². The summed E-state index contributed by atoms with van der Waals surface area (Å²) in [7, 11) is 1.62. The van der Waals surface area contributed by atoms with Gasteiger partial charge < -0.3 is 4.74 Å². The molecule has 1 amide bonds. The predicted octanol–water partition coefficient (Wildman–Crippen LogP) is 2.73. The Morgan fingerprint density at radius 2 is 1.93 bits per heavy atom. The van der Waals surface area contributed by atoms with Gasteiger partial charge in [0.25, 0.3) is 5.91 Å². The fourth-order valence-electron chi connectivity index (χ4n) is 3.05. The second-order valence-electron chi connectivity index (χ2n) is 5.81. The molecule has 4 rings (SSSR count). The van der Waals surface area contributed by atoms with E-state index < -0.39 is 6.17 Å². The zero-order chi connectivity index (χ0) is 19.1. The molecule has 0 saturated carbocycles. The molecule has 0 saturated heterocycles. The fraction of sp³-hybridized carbons (Fsp3) is 0.167. The summed E-state index contributed by atoms with van der Waals surface area (Å²) in [5.74, 6) is 0.473. The lowest BCUT2D eigenvalue weighted by atomic mass is 10.1. The lowest BCUT2D eigenvalue weighted by Gasteiger charge is -2.34. The quantitative estimate of drug-likeness (QED) is 0.676. The summed E-state index contributed by atoms with van der Waals surface area (Å²) in [6.07, 6.45) is 1.35. The molecule has 2 heterocycles. The number of carbonyl (C=O) groups is 1. The normalized spacial score (nSPS) is 18.1. The van der Waals surface area contributed by atoms with Crippen LogP contribution in [0, 0.1) is 0 Å². The van der Waals surface area contributed by atoms with Crippen LogP contribution in [-0.4, -0.2) is 29.4 Å². The monoisotopic (exact) mass is 508 g/mol. The van der Waals surface area contributed by atoms with E-state index in [0.717, 1.165) is 25.1 Å². The number of methoxy groups -OCH3 is 1. The standard InChI is InChI=1S/C18H14Br2N4O2S/c1-26-14-6-4-10(20)8-12(14)16-21-13-5-3-9(19)7-11(13)15-17(25)22-18(27-2)23-24(15)16/h3-8,16H,1-2H3,(H,22,23,25)/t16-/m0/s1. The third kappa shape index (κ3) is 3.28. The number of fused-ring (bicyclic) bond motifs is 2. The van der Waals surface area contributed by atoms with Gasteiger partial charge in [0.2, 0.25) is 0 Å². The van der Waals surface area contributed by atoms with Crippen LogP contribution in [-0.2, 0) is 4.79 Å². The molecule has 1 atom stereocenters. The van der Waals surface area contributed by atoms with Crippen molar-refractivity contribution in [3.05, 3.63) is 61.5 Å². The minimum Gasteiger partial charge on any atom is -0.496 e. The van der Waals surface area contributed by atoms with Gasteiger partial charge in [0, 0.05) is 19.7 Å². The Kier molecular flexibility index (Phi) is 5.00. The van der Waals surface area contributed by atoms with E-state index in [4.69, 9.17) is 9.73 Å². The summed E-state index contributed by atoms with van der Waals surface area (Å²) < 4.78 is 7.31. The van der Waals surface area contributed by atoms with Crippen LogP contribution < -0.4 is 20.6 Å². The molecular formula is C18H14Br2N4O2S. The molecule has 0 aromatic heterocycles. The summed E-state index contributed by atoms with van der Waals surface area (Å²) in [6.45, 7) is 0. The largest absolute Gasteiger partial charge is 0.496 e. The van der Waals surface area contributed by atoms with E-state index in [9.17, 15) is 4.79 Å². The zero-order valence-electron chi connectivity index (χ0n) is 14.4. The number of hydrazone groups is 1. The second-order valence-corrected chi connectivity index (χ2v) is 8.43. The number of hydrogen-bond donors (Lipinski definition) is 1. The number of ether oxygens (including phenoxy) is 1. The summed E-state index contributed by atoms with van der Waals surface area (Å²) in [6, 6.07) is 11.4. The number of nitrogens with zero attached hydrogens (tertiary/aromatic N) is 3. The van der Waals surface area contributed by atoms with E-state index >= 15 is 0 Å². The smallest absolute Gasteiger partial charge is 0.276 e. The van der Waals surface area contributed by atoms with Crippen LogP contribution in [0.1, 0.15) is 11.7 Å². The third-order valence-corrected chi connectivity index (χ3v) is 5.79. The van der Waals surface area contributed by atoms with Crippen molar-refractivity contribution < 1.29 is 9.53 Å². The van der Waals surface area contributed by atoms with Crippen molar-refractivity contribution in [2.24, 2.45) is 10.1 Å². The SMILES string of the molecule is COc1ccc(Br)cc1[C@H]1N=c2ccc(Br)cc2=C2C(=O)NC(SC)=NN21. The Morgan fingerprint density at radius 3 is 2.67 bits per heavy atom. The van der Waals surface area contributed by atoms with Crippen LogP contribution in [0.25, 0.3) is 5.70 Å². The molecule has 2 aliphatic heterocycles. The van der Waals surface area contributed by atoms with E-state index in [-0.39, 0.29) is 5.91 Å². The van der Waals surface area contributed by atoms with Gasteiger partial charge in [-0.05, 0) is 42.7 Å². The molecule has 9 heteroatoms. The minimum absolute atomic E-state index is 0.206. The molecule has 138 valence electrons. The average Bonchev–Trinajstić information content (AvgIpc) is 2.66. The Bertz CT molecular complexity index is 1100. The van der Waals surface area contributed by atoms with Gasteiger partial charge in [0.15, 0.2) is 11.3 Å². The molecule has 0 aliphatic carbocycles. The van der Waals surface area contributed by atoms with Crippen molar-refractivity contribution in [2.45, 2.75) is 6.17 Å². The highest BCUT2D eigenvalue weighted by Crippen LogP contribution is 2.36. The van der Waals surface area contributed by atoms with Gasteiger partial charge in [0.05, 0.1) is 12.5 Å². The highest BCUT2D eigenvalue weighted by atomic mass is 79.9. The van der Waals surface area contributed by atoms with Crippen LogP contribution in [0.5, 0.6) is 5.75 Å². The maximum atomic E-state index is 12.9. The highest BCUT2D eigenvalue weighted by Gasteiger charge is 2.35. The molecule has 0 bridgehead atoms. The van der Waals surface area contributed by atoms with Crippen molar-refractivity contribution >= 4 is 60.4 Å². The number of amidine groups is 1. The molecule has 2 aromatic rings. The molecule has 0 radical (unpaired) electrons. The van der Waals surface area contributed by atoms with Gasteiger partial charge in [-0.15, -0.1) is 5.10 Å². The van der Waals surface area contributed by atoms with E-state index in [1.807, 2.05) is 42.7 Å². The average molecular weight is 510 g/mol. The maximum absolute atomic E-state index is 12.9. The van der Waals surface area contributed by atoms with Crippen LogP contribution in [0.4, 0.5) is 0 Å². The van der Waals surface area contributed by atoms with Gasteiger partial charge in [-0.1, -0.05) is 43.6 Å². The number of carbonyl (C=O) groups excluding carboxylic acids is 1. The number of benzene rings is 2. The number of halogens is 2. The van der Waals surface area contributed by atoms with Gasteiger partial charge in [-0.2, -0.15) is 0 Å². The molecule has 27 heavy (non-hydrogen) atoms. The fourth-order valence-corrected chi connectivity index (χ4v) is 4.16. The molecule has 0 unspecified atom stereocenters. The van der Waals surface area contributed by atoms with Crippen molar-refractivity contribution in [3.8, 4) is 5.75 Å². The Balaban J connectivity index is 2.03. The molecule has 2 aromatic carbocycles. The van der Waals surface area contributed by atoms with E-state index in [1.165, 1.54) is 11.8 Å². The number of hydrogen-bond acceptors (Lipinski definition) is 6. The minimum atomic E-state index is -0.519. The van der Waals surface area contributed by atoms with Crippen molar-refractivity contribution in [3.63, 3.8) is 0 Å². The van der Waals surface area contributed by atoms with Crippen molar-refractivity contribution in [1.82, 2.24) is 10.3 Å². The lowest BCUT2D eigenvalue weighted by Crippen LogP contribution is -2.50. The number of amides is 1. The van der Waals surface area contributed by atoms with E-state index in [2.05, 4.69) is 42.3 Å². The maximum Gasteiger partial charge on any atom is 0.276 e. The zero-order valence-corrected chi connectivity index (χ0v) is 18.4. The number of rotatable bonds is 2. The molecular weight excluding hydrogens is 496 g/mol. The first-order valence-corrected chi connectivity index (χ1v) is 10.8. The topological polar surface area (TPSA) is 66.3 Å². The third-order valence-electron chi connectivity index (χ3n) is 4.23. The lowest BCUT2D eigenvalue weighted by molar-refractivity contribution is -0.116. The van der Waals surface area contributed by atoms with Crippen LogP contribution >= 0.6 is 43.6 Å². The van der Waals surface area contributed by atoms with Crippen molar-refractivity contribution in [2.75, 3.05) is 13.4 Å². The van der Waals surface area contributed by atoms with Gasteiger partial charge in [-0.25, -0.2) is 5.01 Å². The van der Waals surface area contributed by atoms with Gasteiger partial charge in [0.1, 0.15) is 11.4 Å². The van der Waals surface area contributed by atoms with Crippen molar-refractivity contribution in [1.29, 1.82) is 0 Å². The Labute approximate surface area is 176 Å². The first kappa shape index (κ1) is 18.5. The summed E-state index contributed by atoms with van der Waals surface area (Å²) in [5, 5.41) is 11.1. The summed E-state index contributed by atoms with van der Waals surface area (Å²) in [5.41, 5.74) is 1.28. The van der Waals surface area contributed by atoms with E-state index in [1.54, 1.807) is 12.1 Å². The molecule has 0 spiro atoms. The molecule has 1 N–H and O–H groups in total. The van der Waals surface area contributed by atoms with Crippen LogP contribution in [0.15, 0.2) is 55.4 Å². The number of nitrogens with one attached hydrogen (secondary N) is 1. The molecule has 0 fully saturated rings. The summed E-state index contributed by atoms with van der Waals surface area (Å²) >= 11 is 8.36.